The number of benzene rings is 1. The summed E-state index contributed by atoms with van der Waals surface area (Å²) in [6, 6.07) is 5.43. The maximum Gasteiger partial charge on any atom is 0.304 e. The molecule has 0 bridgehead atoms. The first-order valence-electron chi connectivity index (χ1n) is 4.52. The van der Waals surface area contributed by atoms with Gasteiger partial charge < -0.3 is 0 Å². The Morgan fingerprint density at radius 1 is 1.44 bits per heavy atom. The molecule has 0 aliphatic carbocycles. The Balaban J connectivity index is 2.45. The van der Waals surface area contributed by atoms with Gasteiger partial charge in [0, 0.05) is 24.9 Å². The number of hydrogen-bond acceptors (Lipinski definition) is 3. The van der Waals surface area contributed by atoms with Crippen molar-refractivity contribution in [3.8, 4) is 11.3 Å². The van der Waals surface area contributed by atoms with Crippen molar-refractivity contribution >= 4 is 5.69 Å². The number of rotatable bonds is 2. The van der Waals surface area contributed by atoms with Crippen molar-refractivity contribution < 1.29 is 9.31 Å². The molecule has 0 saturated carbocycles. The van der Waals surface area contributed by atoms with Crippen LogP contribution in [0.25, 0.3) is 11.3 Å². The van der Waals surface area contributed by atoms with Crippen LogP contribution in [-0.2, 0) is 7.05 Å². The molecule has 0 radical (unpaired) electrons. The second-order valence-electron chi connectivity index (χ2n) is 3.30. The summed E-state index contributed by atoms with van der Waals surface area (Å²) < 4.78 is 14.9. The van der Waals surface area contributed by atoms with Gasteiger partial charge in [-0.2, -0.15) is 9.49 Å². The smallest absolute Gasteiger partial charge is 0.275 e. The molecule has 0 fully saturated rings. The van der Waals surface area contributed by atoms with E-state index in [0.717, 1.165) is 12.1 Å². The van der Waals surface area contributed by atoms with Gasteiger partial charge in [0.15, 0.2) is 0 Å². The molecular weight excluding hydrogens is 213 g/mol. The van der Waals surface area contributed by atoms with Gasteiger partial charge in [0.05, 0.1) is 10.6 Å². The van der Waals surface area contributed by atoms with E-state index in [2.05, 4.69) is 5.10 Å². The van der Waals surface area contributed by atoms with Crippen LogP contribution in [0, 0.1) is 15.9 Å². The molecule has 1 aromatic carbocycles. The van der Waals surface area contributed by atoms with Gasteiger partial charge in [0.2, 0.25) is 5.82 Å². The molecule has 2 rings (SSSR count). The molecule has 2 aromatic rings. The molecule has 1 aromatic heterocycles. The molecule has 0 N–H and O–H groups in total. The number of nitro groups is 1. The summed E-state index contributed by atoms with van der Waals surface area (Å²) in [6.07, 6.45) is 1.72. The van der Waals surface area contributed by atoms with E-state index >= 15 is 0 Å². The van der Waals surface area contributed by atoms with Crippen molar-refractivity contribution in [3.05, 3.63) is 46.4 Å². The van der Waals surface area contributed by atoms with Crippen LogP contribution < -0.4 is 0 Å². The topological polar surface area (TPSA) is 61.0 Å². The van der Waals surface area contributed by atoms with E-state index in [0.29, 0.717) is 11.3 Å². The van der Waals surface area contributed by atoms with Crippen LogP contribution in [0.5, 0.6) is 0 Å². The third-order valence-electron chi connectivity index (χ3n) is 2.15. The molecule has 0 aliphatic rings. The maximum absolute atomic E-state index is 13.3. The number of nitro benzene ring substituents is 1. The predicted molar refractivity (Wildman–Crippen MR) is 55.3 cm³/mol. The molecule has 0 spiro atoms. The average Bonchev–Trinajstić information content (AvgIpc) is 2.64. The lowest BCUT2D eigenvalue weighted by Crippen LogP contribution is -1.93. The second kappa shape index (κ2) is 3.73. The molecule has 82 valence electrons. The molecule has 0 atom stereocenters. The van der Waals surface area contributed by atoms with Gasteiger partial charge in [0.1, 0.15) is 0 Å². The number of aryl methyl sites for hydroxylation is 1. The van der Waals surface area contributed by atoms with Crippen LogP contribution in [0.3, 0.4) is 0 Å². The van der Waals surface area contributed by atoms with E-state index in [1.807, 2.05) is 0 Å². The highest BCUT2D eigenvalue weighted by atomic mass is 19.1. The second-order valence-corrected chi connectivity index (χ2v) is 3.30. The zero-order valence-electron chi connectivity index (χ0n) is 8.42. The summed E-state index contributed by atoms with van der Waals surface area (Å²) in [7, 11) is 1.74. The lowest BCUT2D eigenvalue weighted by Gasteiger charge is -1.98. The fourth-order valence-corrected chi connectivity index (χ4v) is 1.38. The van der Waals surface area contributed by atoms with Crippen LogP contribution in [0.1, 0.15) is 0 Å². The zero-order valence-corrected chi connectivity index (χ0v) is 8.42. The summed E-state index contributed by atoms with van der Waals surface area (Å²) in [5, 5.41) is 14.5. The SMILES string of the molecule is Cn1ccc(-c2ccc([N+](=O)[O-])c(F)c2)n1. The number of halogens is 1. The minimum atomic E-state index is -0.854. The standard InChI is InChI=1S/C10H8FN3O2/c1-13-5-4-9(12-13)7-2-3-10(14(15)16)8(11)6-7/h2-6H,1H3. The van der Waals surface area contributed by atoms with Gasteiger partial charge in [-0.1, -0.05) is 0 Å². The first-order chi connectivity index (χ1) is 7.58. The largest absolute Gasteiger partial charge is 0.304 e. The Hall–Kier alpha value is -2.24. The van der Waals surface area contributed by atoms with Crippen molar-refractivity contribution in [3.63, 3.8) is 0 Å². The monoisotopic (exact) mass is 221 g/mol. The Morgan fingerprint density at radius 3 is 2.69 bits per heavy atom. The Labute approximate surface area is 90.3 Å². The summed E-state index contributed by atoms with van der Waals surface area (Å²) in [4.78, 5) is 9.67. The summed E-state index contributed by atoms with van der Waals surface area (Å²) in [5.41, 5.74) is 0.569. The zero-order chi connectivity index (χ0) is 11.7. The molecule has 5 nitrogen and oxygen atoms in total. The van der Waals surface area contributed by atoms with E-state index in [1.165, 1.54) is 6.07 Å². The fourth-order valence-electron chi connectivity index (χ4n) is 1.38. The summed E-state index contributed by atoms with van der Waals surface area (Å²) >= 11 is 0. The number of nitrogens with zero attached hydrogens (tertiary/aromatic N) is 3. The van der Waals surface area contributed by atoms with Gasteiger partial charge in [-0.25, -0.2) is 0 Å². The molecule has 6 heteroatoms. The molecular formula is C10H8FN3O2. The van der Waals surface area contributed by atoms with Gasteiger partial charge in [0.25, 0.3) is 0 Å². The average molecular weight is 221 g/mol. The van der Waals surface area contributed by atoms with E-state index in [4.69, 9.17) is 0 Å². The molecule has 0 saturated heterocycles. The van der Waals surface area contributed by atoms with Crippen LogP contribution in [0.4, 0.5) is 10.1 Å². The Bertz CT molecular complexity index is 551. The van der Waals surface area contributed by atoms with Crippen LogP contribution in [-0.4, -0.2) is 14.7 Å². The van der Waals surface area contributed by atoms with Crippen LogP contribution in [0.15, 0.2) is 30.5 Å². The number of aromatic nitrogens is 2. The van der Waals surface area contributed by atoms with E-state index in [1.54, 1.807) is 24.0 Å². The minimum Gasteiger partial charge on any atom is -0.275 e. The molecule has 1 heterocycles. The van der Waals surface area contributed by atoms with E-state index < -0.39 is 16.4 Å². The third kappa shape index (κ3) is 1.77. The van der Waals surface area contributed by atoms with Gasteiger partial charge in [-0.05, 0) is 18.2 Å². The number of hydrogen-bond donors (Lipinski definition) is 0. The quantitative estimate of drug-likeness (QED) is 0.576. The lowest BCUT2D eigenvalue weighted by atomic mass is 10.1. The minimum absolute atomic E-state index is 0.517. The van der Waals surface area contributed by atoms with Crippen molar-refractivity contribution in [1.82, 2.24) is 9.78 Å². The highest BCUT2D eigenvalue weighted by molar-refractivity contribution is 5.60. The van der Waals surface area contributed by atoms with Crippen molar-refractivity contribution in [1.29, 1.82) is 0 Å². The normalized spacial score (nSPS) is 10.4. The summed E-state index contributed by atoms with van der Waals surface area (Å²) in [6.45, 7) is 0. The Kier molecular flexibility index (Phi) is 2.40. The molecule has 0 aliphatic heterocycles. The first kappa shape index (κ1) is 10.3. The molecule has 16 heavy (non-hydrogen) atoms. The third-order valence-corrected chi connectivity index (χ3v) is 2.15. The lowest BCUT2D eigenvalue weighted by molar-refractivity contribution is -0.387. The van der Waals surface area contributed by atoms with Crippen molar-refractivity contribution in [2.75, 3.05) is 0 Å². The Morgan fingerprint density at radius 2 is 2.19 bits per heavy atom. The highest BCUT2D eigenvalue weighted by Gasteiger charge is 2.14. The molecule has 0 amide bonds. The van der Waals surface area contributed by atoms with Crippen LogP contribution >= 0.6 is 0 Å². The van der Waals surface area contributed by atoms with Gasteiger partial charge in [-0.15, -0.1) is 0 Å². The van der Waals surface area contributed by atoms with Crippen LogP contribution in [0.2, 0.25) is 0 Å². The maximum atomic E-state index is 13.3. The van der Waals surface area contributed by atoms with E-state index in [-0.39, 0.29) is 0 Å². The first-order valence-corrected chi connectivity index (χ1v) is 4.52. The van der Waals surface area contributed by atoms with Gasteiger partial charge in [-0.3, -0.25) is 14.8 Å². The molecule has 0 unspecified atom stereocenters. The summed E-state index contributed by atoms with van der Waals surface area (Å²) in [5.74, 6) is -0.854. The van der Waals surface area contributed by atoms with Gasteiger partial charge >= 0.3 is 5.69 Å². The predicted octanol–water partition coefficient (Wildman–Crippen LogP) is 2.13. The fraction of sp³-hybridized carbons (Fsp3) is 0.100. The van der Waals surface area contributed by atoms with E-state index in [9.17, 15) is 14.5 Å². The van der Waals surface area contributed by atoms with Crippen molar-refractivity contribution in [2.24, 2.45) is 7.05 Å². The van der Waals surface area contributed by atoms with Crippen molar-refractivity contribution in [2.45, 2.75) is 0 Å². The highest BCUT2D eigenvalue weighted by Crippen LogP contribution is 2.23.